The molecule has 7 heteroatoms. The molecule has 0 unspecified atom stereocenters. The average molecular weight is 424 g/mol. The number of amides is 2. The van der Waals surface area contributed by atoms with E-state index < -0.39 is 18.1 Å². The first-order valence-corrected chi connectivity index (χ1v) is 10.4. The predicted molar refractivity (Wildman–Crippen MR) is 115 cm³/mol. The minimum Gasteiger partial charge on any atom is -0.480 e. The summed E-state index contributed by atoms with van der Waals surface area (Å²) in [5, 5.41) is 2.72. The van der Waals surface area contributed by atoms with Gasteiger partial charge in [-0.15, -0.1) is 0 Å². The van der Waals surface area contributed by atoms with Crippen LogP contribution in [0.5, 0.6) is 5.75 Å². The molecule has 3 rings (SSSR count). The molecule has 0 saturated carbocycles. The Morgan fingerprint density at radius 1 is 1.10 bits per heavy atom. The number of nitrogens with one attached hydrogen (secondary N) is 1. The lowest BCUT2D eigenvalue weighted by Crippen LogP contribution is -2.60. The maximum Gasteiger partial charge on any atom is 0.308 e. The van der Waals surface area contributed by atoms with Crippen LogP contribution in [0.15, 0.2) is 48.5 Å². The molecule has 1 N–H and O–H groups in total. The number of para-hydroxylation sites is 1. The van der Waals surface area contributed by atoms with Crippen molar-refractivity contribution in [3.05, 3.63) is 65.2 Å². The predicted octanol–water partition coefficient (Wildman–Crippen LogP) is 2.53. The highest BCUT2D eigenvalue weighted by molar-refractivity contribution is 5.93. The Morgan fingerprint density at radius 3 is 2.45 bits per heavy atom. The van der Waals surface area contributed by atoms with E-state index in [9.17, 15) is 14.4 Å². The van der Waals surface area contributed by atoms with Gasteiger partial charge in [-0.3, -0.25) is 14.4 Å². The third-order valence-electron chi connectivity index (χ3n) is 5.27. The van der Waals surface area contributed by atoms with E-state index in [2.05, 4.69) is 5.32 Å². The molecule has 1 heterocycles. The molecular formula is C24H28N2O5. The number of benzene rings is 2. The quantitative estimate of drug-likeness (QED) is 0.691. The lowest BCUT2D eigenvalue weighted by atomic mass is 10.1. The molecule has 2 aromatic rings. The van der Waals surface area contributed by atoms with Gasteiger partial charge in [-0.2, -0.15) is 0 Å². The maximum absolute atomic E-state index is 13.1. The molecule has 0 radical (unpaired) electrons. The van der Waals surface area contributed by atoms with Gasteiger partial charge in [0.15, 0.2) is 6.10 Å². The Morgan fingerprint density at radius 2 is 1.77 bits per heavy atom. The molecule has 1 aliphatic rings. The number of carbonyl (C=O) groups excluding carboxylic acids is 3. The van der Waals surface area contributed by atoms with E-state index in [-0.39, 0.29) is 24.8 Å². The largest absolute Gasteiger partial charge is 0.480 e. The third-order valence-corrected chi connectivity index (χ3v) is 5.27. The lowest BCUT2D eigenvalue weighted by Gasteiger charge is -2.36. The van der Waals surface area contributed by atoms with Crippen molar-refractivity contribution >= 4 is 17.8 Å². The summed E-state index contributed by atoms with van der Waals surface area (Å²) in [4.78, 5) is 39.4. The van der Waals surface area contributed by atoms with E-state index in [1.165, 1.54) is 4.90 Å². The number of aryl methyl sites for hydroxylation is 2. The minimum atomic E-state index is -0.923. The van der Waals surface area contributed by atoms with E-state index >= 15 is 0 Å². The van der Waals surface area contributed by atoms with Gasteiger partial charge in [0.05, 0.1) is 6.42 Å². The summed E-state index contributed by atoms with van der Waals surface area (Å²) in [6, 6.07) is 14.1. The third kappa shape index (κ3) is 5.63. The number of nitrogens with zero attached hydrogens (tertiary/aromatic N) is 1. The topological polar surface area (TPSA) is 84.9 Å². The summed E-state index contributed by atoms with van der Waals surface area (Å²) in [7, 11) is 0. The molecule has 1 fully saturated rings. The fourth-order valence-electron chi connectivity index (χ4n) is 3.58. The molecule has 0 aliphatic carbocycles. The molecule has 1 saturated heterocycles. The van der Waals surface area contributed by atoms with Gasteiger partial charge in [-0.05, 0) is 37.5 Å². The van der Waals surface area contributed by atoms with Crippen LogP contribution < -0.4 is 10.1 Å². The first-order valence-electron chi connectivity index (χ1n) is 10.4. The van der Waals surface area contributed by atoms with E-state index in [1.807, 2.05) is 62.4 Å². The van der Waals surface area contributed by atoms with Crippen LogP contribution in [0.25, 0.3) is 0 Å². The molecule has 31 heavy (non-hydrogen) atoms. The van der Waals surface area contributed by atoms with Gasteiger partial charge in [0.1, 0.15) is 18.4 Å². The zero-order valence-electron chi connectivity index (χ0n) is 18.1. The number of hydrogen-bond donors (Lipinski definition) is 1. The lowest BCUT2D eigenvalue weighted by molar-refractivity contribution is -0.154. The number of ether oxygens (including phenoxy) is 2. The Labute approximate surface area is 182 Å². The Bertz CT molecular complexity index is 924. The zero-order chi connectivity index (χ0) is 22.4. The number of esters is 1. The van der Waals surface area contributed by atoms with Crippen molar-refractivity contribution in [1.29, 1.82) is 0 Å². The minimum absolute atomic E-state index is 0.119. The van der Waals surface area contributed by atoms with Gasteiger partial charge < -0.3 is 19.7 Å². The summed E-state index contributed by atoms with van der Waals surface area (Å²) in [5.41, 5.74) is 2.71. The Balaban J connectivity index is 1.65. The van der Waals surface area contributed by atoms with E-state index in [4.69, 9.17) is 9.47 Å². The molecule has 7 nitrogen and oxygen atoms in total. The molecule has 164 valence electrons. The second kappa shape index (κ2) is 10.1. The van der Waals surface area contributed by atoms with Crippen LogP contribution in [0.4, 0.5) is 0 Å². The fraction of sp³-hybridized carbons (Fsp3) is 0.375. The summed E-state index contributed by atoms with van der Waals surface area (Å²) >= 11 is 0. The fourth-order valence-corrected chi connectivity index (χ4v) is 3.58. The summed E-state index contributed by atoms with van der Waals surface area (Å²) in [6.07, 6.45) is -1.01. The van der Waals surface area contributed by atoms with E-state index in [1.54, 1.807) is 6.92 Å². The molecule has 2 aromatic carbocycles. The van der Waals surface area contributed by atoms with Crippen LogP contribution in [0.1, 0.15) is 30.0 Å². The Hall–Kier alpha value is -3.35. The van der Waals surface area contributed by atoms with Gasteiger partial charge in [-0.25, -0.2) is 0 Å². The zero-order valence-corrected chi connectivity index (χ0v) is 18.1. The van der Waals surface area contributed by atoms with Gasteiger partial charge in [0, 0.05) is 13.1 Å². The van der Waals surface area contributed by atoms with Crippen LogP contribution in [0.3, 0.4) is 0 Å². The smallest absolute Gasteiger partial charge is 0.308 e. The Kier molecular flexibility index (Phi) is 7.28. The van der Waals surface area contributed by atoms with Gasteiger partial charge in [0.25, 0.3) is 5.91 Å². The molecule has 0 spiro atoms. The number of rotatable bonds is 7. The standard InChI is InChI=1S/C24H28N2O5/c1-16-8-7-9-17(2)22(16)31-18(3)24(29)26-13-12-25-23(28)20(26)14-21(27)30-15-19-10-5-4-6-11-19/h4-11,18,20H,12-15H2,1-3H3,(H,25,28)/t18-,20+/m1/s1. The van der Waals surface area contributed by atoms with Gasteiger partial charge in [-0.1, -0.05) is 48.5 Å². The summed E-state index contributed by atoms with van der Waals surface area (Å²) < 4.78 is 11.3. The molecule has 2 atom stereocenters. The van der Waals surface area contributed by atoms with Crippen molar-refractivity contribution in [1.82, 2.24) is 10.2 Å². The van der Waals surface area contributed by atoms with Gasteiger partial charge in [0.2, 0.25) is 5.91 Å². The van der Waals surface area contributed by atoms with Crippen molar-refractivity contribution in [3.63, 3.8) is 0 Å². The second-order valence-corrected chi connectivity index (χ2v) is 7.67. The number of carbonyl (C=O) groups is 3. The molecule has 0 aromatic heterocycles. The van der Waals surface area contributed by atoms with E-state index in [0.717, 1.165) is 16.7 Å². The van der Waals surface area contributed by atoms with Crippen molar-refractivity contribution in [2.45, 2.75) is 45.9 Å². The number of piperazine rings is 1. The van der Waals surface area contributed by atoms with Crippen LogP contribution >= 0.6 is 0 Å². The van der Waals surface area contributed by atoms with Crippen molar-refractivity contribution in [2.75, 3.05) is 13.1 Å². The van der Waals surface area contributed by atoms with E-state index in [0.29, 0.717) is 18.8 Å². The van der Waals surface area contributed by atoms with Crippen molar-refractivity contribution in [3.8, 4) is 5.75 Å². The highest BCUT2D eigenvalue weighted by Gasteiger charge is 2.37. The first-order chi connectivity index (χ1) is 14.9. The van der Waals surface area contributed by atoms with Crippen LogP contribution in [-0.2, 0) is 25.7 Å². The maximum atomic E-state index is 13.1. The van der Waals surface area contributed by atoms with Crippen LogP contribution in [0.2, 0.25) is 0 Å². The van der Waals surface area contributed by atoms with Crippen molar-refractivity contribution < 1.29 is 23.9 Å². The summed E-state index contributed by atoms with van der Waals surface area (Å²) in [6.45, 7) is 6.25. The van der Waals surface area contributed by atoms with Crippen molar-refractivity contribution in [2.24, 2.45) is 0 Å². The summed E-state index contributed by atoms with van der Waals surface area (Å²) in [5.74, 6) is -0.579. The molecular weight excluding hydrogens is 396 g/mol. The molecule has 0 bridgehead atoms. The molecule has 2 amide bonds. The normalized spacial score (nSPS) is 16.9. The SMILES string of the molecule is Cc1cccc(C)c1O[C@H](C)C(=O)N1CCNC(=O)[C@@H]1CC(=O)OCc1ccccc1. The highest BCUT2D eigenvalue weighted by atomic mass is 16.5. The molecule has 1 aliphatic heterocycles. The number of hydrogen-bond acceptors (Lipinski definition) is 5. The van der Waals surface area contributed by atoms with Crippen LogP contribution in [0, 0.1) is 13.8 Å². The van der Waals surface area contributed by atoms with Crippen LogP contribution in [-0.4, -0.2) is 47.9 Å². The monoisotopic (exact) mass is 424 g/mol. The second-order valence-electron chi connectivity index (χ2n) is 7.67. The first kappa shape index (κ1) is 22.3. The van der Waals surface area contributed by atoms with Gasteiger partial charge >= 0.3 is 5.97 Å². The average Bonchev–Trinajstić information content (AvgIpc) is 2.76. The highest BCUT2D eigenvalue weighted by Crippen LogP contribution is 2.24.